The van der Waals surface area contributed by atoms with Gasteiger partial charge in [0.1, 0.15) is 0 Å². The fraction of sp³-hybridized carbons (Fsp3) is 1.00. The van der Waals surface area contributed by atoms with E-state index < -0.39 is 0 Å². The molecule has 0 aromatic carbocycles. The predicted octanol–water partition coefficient (Wildman–Crippen LogP) is 1.72. The van der Waals surface area contributed by atoms with E-state index in [2.05, 4.69) is 24.1 Å². The average Bonchev–Trinajstić information content (AvgIpc) is 2.73. The molecule has 0 radical (unpaired) electrons. The Balaban J connectivity index is 1.78. The minimum atomic E-state index is 0.823. The first-order chi connectivity index (χ1) is 6.83. The number of nitrogens with one attached hydrogen (secondary N) is 1. The smallest absolute Gasteiger partial charge is 0.0235 e. The number of fused-ring (bicyclic) bond motifs is 1. The van der Waals surface area contributed by atoms with Gasteiger partial charge in [0, 0.05) is 25.7 Å². The second-order valence-electron chi connectivity index (χ2n) is 5.01. The van der Waals surface area contributed by atoms with Crippen molar-refractivity contribution in [3.63, 3.8) is 0 Å². The number of hydrogen-bond acceptors (Lipinski definition) is 2. The van der Waals surface area contributed by atoms with Gasteiger partial charge in [-0.05, 0) is 24.8 Å². The lowest BCUT2D eigenvalue weighted by atomic mass is 10.0. The molecule has 14 heavy (non-hydrogen) atoms. The second kappa shape index (κ2) is 4.63. The van der Waals surface area contributed by atoms with Gasteiger partial charge in [-0.2, -0.15) is 0 Å². The van der Waals surface area contributed by atoms with E-state index in [1.165, 1.54) is 45.4 Å². The summed E-state index contributed by atoms with van der Waals surface area (Å²) in [5, 5.41) is 3.62. The summed E-state index contributed by atoms with van der Waals surface area (Å²) in [7, 11) is 0. The minimum absolute atomic E-state index is 0.823. The van der Waals surface area contributed by atoms with Crippen LogP contribution in [-0.2, 0) is 0 Å². The van der Waals surface area contributed by atoms with E-state index in [9.17, 15) is 0 Å². The highest BCUT2D eigenvalue weighted by Gasteiger charge is 2.35. The van der Waals surface area contributed by atoms with Gasteiger partial charge in [-0.1, -0.05) is 26.7 Å². The molecule has 0 aliphatic carbocycles. The lowest BCUT2D eigenvalue weighted by Crippen LogP contribution is -2.32. The highest BCUT2D eigenvalue weighted by molar-refractivity contribution is 4.94. The molecule has 2 atom stereocenters. The first-order valence-electron chi connectivity index (χ1n) is 6.29. The minimum Gasteiger partial charge on any atom is -0.312 e. The summed E-state index contributed by atoms with van der Waals surface area (Å²) in [6.07, 6.45) is 4.09. The summed E-state index contributed by atoms with van der Waals surface area (Å²) >= 11 is 0. The van der Waals surface area contributed by atoms with Crippen molar-refractivity contribution in [1.82, 2.24) is 10.2 Å². The monoisotopic (exact) mass is 196 g/mol. The van der Waals surface area contributed by atoms with Gasteiger partial charge in [0.2, 0.25) is 0 Å². The molecule has 2 aliphatic rings. The molecule has 2 saturated heterocycles. The maximum atomic E-state index is 3.62. The molecule has 1 N–H and O–H groups in total. The van der Waals surface area contributed by atoms with Gasteiger partial charge in [0.15, 0.2) is 0 Å². The zero-order valence-corrected chi connectivity index (χ0v) is 9.63. The summed E-state index contributed by atoms with van der Waals surface area (Å²) in [6.45, 7) is 9.90. The first kappa shape index (κ1) is 10.4. The van der Waals surface area contributed by atoms with Crippen molar-refractivity contribution in [2.75, 3.05) is 26.2 Å². The molecule has 0 bridgehead atoms. The van der Waals surface area contributed by atoms with Gasteiger partial charge in [-0.15, -0.1) is 0 Å². The fourth-order valence-corrected chi connectivity index (χ4v) is 3.00. The molecule has 0 saturated carbocycles. The van der Waals surface area contributed by atoms with E-state index in [0.29, 0.717) is 0 Å². The first-order valence-corrected chi connectivity index (χ1v) is 6.29. The Labute approximate surface area is 88.1 Å². The van der Waals surface area contributed by atoms with Crippen LogP contribution in [0.2, 0.25) is 0 Å². The average molecular weight is 196 g/mol. The van der Waals surface area contributed by atoms with Crippen LogP contribution in [0.25, 0.3) is 0 Å². The molecule has 2 heterocycles. The molecule has 0 spiro atoms. The molecule has 0 amide bonds. The molecule has 0 unspecified atom stereocenters. The largest absolute Gasteiger partial charge is 0.312 e. The van der Waals surface area contributed by atoms with Crippen LogP contribution in [0.3, 0.4) is 0 Å². The van der Waals surface area contributed by atoms with E-state index in [-0.39, 0.29) is 0 Å². The number of likely N-dealkylation sites (tertiary alicyclic amines) is 1. The Bertz CT molecular complexity index is 165. The highest BCUT2D eigenvalue weighted by atomic mass is 15.2. The Morgan fingerprint density at radius 2 is 2.07 bits per heavy atom. The Hall–Kier alpha value is -0.0800. The summed E-state index contributed by atoms with van der Waals surface area (Å²) < 4.78 is 0. The van der Waals surface area contributed by atoms with Crippen LogP contribution >= 0.6 is 0 Å². The van der Waals surface area contributed by atoms with Crippen LogP contribution < -0.4 is 5.32 Å². The third kappa shape index (κ3) is 2.12. The van der Waals surface area contributed by atoms with Crippen molar-refractivity contribution < 1.29 is 0 Å². The van der Waals surface area contributed by atoms with Gasteiger partial charge in [-0.3, -0.25) is 0 Å². The van der Waals surface area contributed by atoms with E-state index >= 15 is 0 Å². The van der Waals surface area contributed by atoms with Crippen molar-refractivity contribution in [3.05, 3.63) is 0 Å². The number of nitrogens with zero attached hydrogens (tertiary/aromatic N) is 1. The van der Waals surface area contributed by atoms with E-state index in [4.69, 9.17) is 0 Å². The van der Waals surface area contributed by atoms with Crippen LogP contribution in [0.15, 0.2) is 0 Å². The number of rotatable bonds is 4. The summed E-state index contributed by atoms with van der Waals surface area (Å²) in [4.78, 5) is 2.68. The molecular formula is C12H24N2. The molecule has 2 rings (SSSR count). The van der Waals surface area contributed by atoms with E-state index in [0.717, 1.165) is 17.9 Å². The van der Waals surface area contributed by atoms with Gasteiger partial charge in [-0.25, -0.2) is 0 Å². The standard InChI is InChI=1S/C12H24N2/c1-3-10(4-2)7-14-8-11-5-6-13-12(11)9-14/h10-13H,3-9H2,1-2H3/t11-,12+/m0/s1. The molecule has 2 aliphatic heterocycles. The quantitative estimate of drug-likeness (QED) is 0.736. The summed E-state index contributed by atoms with van der Waals surface area (Å²) in [5.41, 5.74) is 0. The maximum Gasteiger partial charge on any atom is 0.0235 e. The summed E-state index contributed by atoms with van der Waals surface area (Å²) in [5.74, 6) is 1.89. The molecule has 2 heteroatoms. The Kier molecular flexibility index (Phi) is 3.45. The fourth-order valence-electron chi connectivity index (χ4n) is 3.00. The second-order valence-corrected chi connectivity index (χ2v) is 5.01. The van der Waals surface area contributed by atoms with Gasteiger partial charge < -0.3 is 10.2 Å². The zero-order valence-electron chi connectivity index (χ0n) is 9.63. The molecule has 82 valence electrons. The molecule has 0 aromatic rings. The molecule has 2 nitrogen and oxygen atoms in total. The zero-order chi connectivity index (χ0) is 9.97. The van der Waals surface area contributed by atoms with Crippen LogP contribution in [0.4, 0.5) is 0 Å². The molecule has 0 aromatic heterocycles. The normalized spacial score (nSPS) is 32.8. The lowest BCUT2D eigenvalue weighted by Gasteiger charge is -2.22. The topological polar surface area (TPSA) is 15.3 Å². The summed E-state index contributed by atoms with van der Waals surface area (Å²) in [6, 6.07) is 0.823. The highest BCUT2D eigenvalue weighted by Crippen LogP contribution is 2.25. The third-order valence-electron chi connectivity index (χ3n) is 4.11. The Morgan fingerprint density at radius 3 is 2.71 bits per heavy atom. The van der Waals surface area contributed by atoms with E-state index in [1.54, 1.807) is 0 Å². The number of hydrogen-bond donors (Lipinski definition) is 1. The van der Waals surface area contributed by atoms with Crippen LogP contribution in [0, 0.1) is 11.8 Å². The van der Waals surface area contributed by atoms with Crippen molar-refractivity contribution in [3.8, 4) is 0 Å². The van der Waals surface area contributed by atoms with Crippen molar-refractivity contribution in [2.24, 2.45) is 11.8 Å². The van der Waals surface area contributed by atoms with Crippen molar-refractivity contribution in [2.45, 2.75) is 39.2 Å². The van der Waals surface area contributed by atoms with Crippen molar-refractivity contribution >= 4 is 0 Å². The lowest BCUT2D eigenvalue weighted by molar-refractivity contribution is 0.253. The maximum absolute atomic E-state index is 3.62. The molecule has 2 fully saturated rings. The van der Waals surface area contributed by atoms with Crippen LogP contribution in [0.1, 0.15) is 33.1 Å². The predicted molar refractivity (Wildman–Crippen MR) is 60.4 cm³/mol. The van der Waals surface area contributed by atoms with E-state index in [1.807, 2.05) is 0 Å². The van der Waals surface area contributed by atoms with Gasteiger partial charge in [0.05, 0.1) is 0 Å². The van der Waals surface area contributed by atoms with Crippen molar-refractivity contribution in [1.29, 1.82) is 0 Å². The van der Waals surface area contributed by atoms with Gasteiger partial charge in [0.25, 0.3) is 0 Å². The molecular weight excluding hydrogens is 172 g/mol. The van der Waals surface area contributed by atoms with Crippen LogP contribution in [0.5, 0.6) is 0 Å². The third-order valence-corrected chi connectivity index (χ3v) is 4.11. The van der Waals surface area contributed by atoms with Crippen LogP contribution in [-0.4, -0.2) is 37.1 Å². The SMILES string of the molecule is CCC(CC)CN1C[C@@H]2CCN[C@@H]2C1. The Morgan fingerprint density at radius 1 is 1.29 bits per heavy atom. The van der Waals surface area contributed by atoms with Gasteiger partial charge >= 0.3 is 0 Å².